The van der Waals surface area contributed by atoms with Crippen LogP contribution >= 0.6 is 0 Å². The fourth-order valence-corrected chi connectivity index (χ4v) is 1.25. The van der Waals surface area contributed by atoms with Gasteiger partial charge in [-0.15, -0.1) is 0 Å². The van der Waals surface area contributed by atoms with Crippen LogP contribution in [0.15, 0.2) is 0 Å². The third-order valence-electron chi connectivity index (χ3n) is 2.20. The molecule has 0 saturated heterocycles. The molecule has 14 heavy (non-hydrogen) atoms. The van der Waals surface area contributed by atoms with Gasteiger partial charge in [-0.3, -0.25) is 0 Å². The molecule has 0 spiro atoms. The van der Waals surface area contributed by atoms with E-state index in [1.54, 1.807) is 0 Å². The highest BCUT2D eigenvalue weighted by atomic mass is 16.5. The van der Waals surface area contributed by atoms with Gasteiger partial charge in [-0.1, -0.05) is 27.2 Å². The lowest BCUT2D eigenvalue weighted by Crippen LogP contribution is -2.21. The van der Waals surface area contributed by atoms with E-state index in [0.717, 1.165) is 32.2 Å². The molecule has 86 valence electrons. The van der Waals surface area contributed by atoms with Gasteiger partial charge in [0, 0.05) is 13.2 Å². The van der Waals surface area contributed by atoms with Gasteiger partial charge < -0.3 is 10.1 Å². The number of nitrogens with one attached hydrogen (secondary N) is 1. The van der Waals surface area contributed by atoms with Crippen LogP contribution < -0.4 is 5.32 Å². The van der Waals surface area contributed by atoms with Crippen LogP contribution in [-0.4, -0.2) is 26.3 Å². The Morgan fingerprint density at radius 3 is 2.50 bits per heavy atom. The fourth-order valence-electron chi connectivity index (χ4n) is 1.25. The molecule has 0 amide bonds. The van der Waals surface area contributed by atoms with Gasteiger partial charge in [-0.25, -0.2) is 0 Å². The Morgan fingerprint density at radius 1 is 1.07 bits per heavy atom. The molecule has 0 aliphatic carbocycles. The molecule has 2 nitrogen and oxygen atoms in total. The van der Waals surface area contributed by atoms with Gasteiger partial charge in [0.25, 0.3) is 0 Å². The lowest BCUT2D eigenvalue weighted by Gasteiger charge is -2.07. The Hall–Kier alpha value is -0.0800. The van der Waals surface area contributed by atoms with Gasteiger partial charge in [0.1, 0.15) is 0 Å². The molecule has 0 aromatic heterocycles. The topological polar surface area (TPSA) is 21.3 Å². The van der Waals surface area contributed by atoms with Crippen molar-refractivity contribution >= 4 is 0 Å². The highest BCUT2D eigenvalue weighted by Crippen LogP contribution is 2.01. The second-order valence-corrected chi connectivity index (χ2v) is 4.25. The maximum Gasteiger partial charge on any atom is 0.0590 e. The Balaban J connectivity index is 2.85. The Bertz CT molecular complexity index is 104. The van der Waals surface area contributed by atoms with Gasteiger partial charge >= 0.3 is 0 Å². The molecule has 0 fully saturated rings. The summed E-state index contributed by atoms with van der Waals surface area (Å²) in [5, 5.41) is 3.39. The molecule has 0 radical (unpaired) electrons. The zero-order chi connectivity index (χ0) is 10.6. The average molecular weight is 201 g/mol. The first-order chi connectivity index (χ1) is 6.77. The molecule has 0 aliphatic rings. The van der Waals surface area contributed by atoms with Gasteiger partial charge in [-0.2, -0.15) is 0 Å². The van der Waals surface area contributed by atoms with E-state index >= 15 is 0 Å². The Morgan fingerprint density at radius 2 is 1.86 bits per heavy atom. The summed E-state index contributed by atoms with van der Waals surface area (Å²) in [6.45, 7) is 10.7. The van der Waals surface area contributed by atoms with Crippen LogP contribution in [0.5, 0.6) is 0 Å². The molecular formula is C12H27NO. The van der Waals surface area contributed by atoms with Crippen molar-refractivity contribution in [3.8, 4) is 0 Å². The second-order valence-electron chi connectivity index (χ2n) is 4.25. The molecule has 2 heteroatoms. The minimum atomic E-state index is 0.831. The van der Waals surface area contributed by atoms with Crippen LogP contribution in [0, 0.1) is 5.92 Å². The summed E-state index contributed by atoms with van der Waals surface area (Å²) < 4.78 is 5.44. The Kier molecular flexibility index (Phi) is 10.9. The zero-order valence-corrected chi connectivity index (χ0v) is 10.1. The molecule has 0 saturated carbocycles. The molecule has 0 aliphatic heterocycles. The van der Waals surface area contributed by atoms with Crippen molar-refractivity contribution in [1.82, 2.24) is 5.32 Å². The standard InChI is InChI=1S/C12H27NO/c1-4-5-10-14-11-9-13-8-6-7-12(2)3/h12-13H,4-11H2,1-3H3. The first-order valence-corrected chi connectivity index (χ1v) is 6.05. The number of hydrogen-bond donors (Lipinski definition) is 1. The van der Waals surface area contributed by atoms with Crippen molar-refractivity contribution in [3.63, 3.8) is 0 Å². The summed E-state index contributed by atoms with van der Waals surface area (Å²) in [7, 11) is 0. The predicted molar refractivity (Wildman–Crippen MR) is 62.7 cm³/mol. The van der Waals surface area contributed by atoms with Crippen molar-refractivity contribution < 1.29 is 4.74 Å². The van der Waals surface area contributed by atoms with E-state index in [2.05, 4.69) is 26.1 Å². The molecular weight excluding hydrogens is 174 g/mol. The molecule has 0 unspecified atom stereocenters. The van der Waals surface area contributed by atoms with Crippen LogP contribution in [0.3, 0.4) is 0 Å². The third kappa shape index (κ3) is 11.9. The first kappa shape index (κ1) is 13.9. The highest BCUT2D eigenvalue weighted by molar-refractivity contribution is 4.50. The van der Waals surface area contributed by atoms with Crippen LogP contribution in [0.1, 0.15) is 46.5 Å². The van der Waals surface area contributed by atoms with Gasteiger partial charge in [0.15, 0.2) is 0 Å². The Labute approximate surface area is 89.4 Å². The van der Waals surface area contributed by atoms with Crippen LogP contribution in [0.4, 0.5) is 0 Å². The van der Waals surface area contributed by atoms with Crippen molar-refractivity contribution in [2.75, 3.05) is 26.3 Å². The smallest absolute Gasteiger partial charge is 0.0590 e. The van der Waals surface area contributed by atoms with Crippen LogP contribution in [-0.2, 0) is 4.74 Å². The summed E-state index contributed by atoms with van der Waals surface area (Å²) >= 11 is 0. The molecule has 0 bridgehead atoms. The molecule has 0 rings (SSSR count). The predicted octanol–water partition coefficient (Wildman–Crippen LogP) is 2.83. The lowest BCUT2D eigenvalue weighted by molar-refractivity contribution is 0.133. The summed E-state index contributed by atoms with van der Waals surface area (Å²) in [6, 6.07) is 0. The quantitative estimate of drug-likeness (QED) is 0.549. The highest BCUT2D eigenvalue weighted by Gasteiger charge is 1.93. The zero-order valence-electron chi connectivity index (χ0n) is 10.1. The van der Waals surface area contributed by atoms with Crippen molar-refractivity contribution in [3.05, 3.63) is 0 Å². The lowest BCUT2D eigenvalue weighted by atomic mass is 10.1. The van der Waals surface area contributed by atoms with Crippen LogP contribution in [0.2, 0.25) is 0 Å². The van der Waals surface area contributed by atoms with Crippen molar-refractivity contribution in [1.29, 1.82) is 0 Å². The molecule has 0 aromatic carbocycles. The SMILES string of the molecule is CCCCOCCNCCCC(C)C. The van der Waals surface area contributed by atoms with Gasteiger partial charge in [0.2, 0.25) is 0 Å². The minimum absolute atomic E-state index is 0.831. The largest absolute Gasteiger partial charge is 0.380 e. The van der Waals surface area contributed by atoms with Crippen molar-refractivity contribution in [2.45, 2.75) is 46.5 Å². The summed E-state index contributed by atoms with van der Waals surface area (Å²) in [4.78, 5) is 0. The first-order valence-electron chi connectivity index (χ1n) is 6.05. The second kappa shape index (κ2) is 11.0. The van der Waals surface area contributed by atoms with Crippen molar-refractivity contribution in [2.24, 2.45) is 5.92 Å². The van der Waals surface area contributed by atoms with E-state index in [1.807, 2.05) is 0 Å². The minimum Gasteiger partial charge on any atom is -0.380 e. The summed E-state index contributed by atoms with van der Waals surface area (Å²) in [5.41, 5.74) is 0. The maximum absolute atomic E-state index is 5.44. The van der Waals surface area contributed by atoms with Gasteiger partial charge in [0.05, 0.1) is 6.61 Å². The normalized spacial score (nSPS) is 11.1. The van der Waals surface area contributed by atoms with E-state index in [9.17, 15) is 0 Å². The number of rotatable bonds is 10. The molecule has 0 aromatic rings. The van der Waals surface area contributed by atoms with Crippen LogP contribution in [0.25, 0.3) is 0 Å². The third-order valence-corrected chi connectivity index (χ3v) is 2.20. The average Bonchev–Trinajstić information content (AvgIpc) is 2.15. The van der Waals surface area contributed by atoms with Gasteiger partial charge in [-0.05, 0) is 31.7 Å². The molecule has 0 atom stereocenters. The summed E-state index contributed by atoms with van der Waals surface area (Å²) in [6.07, 6.45) is 5.02. The maximum atomic E-state index is 5.44. The fraction of sp³-hybridized carbons (Fsp3) is 1.00. The molecule has 0 heterocycles. The number of unbranched alkanes of at least 4 members (excludes halogenated alkanes) is 1. The number of hydrogen-bond acceptors (Lipinski definition) is 2. The van der Waals surface area contributed by atoms with E-state index < -0.39 is 0 Å². The van der Waals surface area contributed by atoms with E-state index in [1.165, 1.54) is 25.7 Å². The monoisotopic (exact) mass is 201 g/mol. The van der Waals surface area contributed by atoms with E-state index in [4.69, 9.17) is 4.74 Å². The van der Waals surface area contributed by atoms with E-state index in [0.29, 0.717) is 0 Å². The van der Waals surface area contributed by atoms with E-state index in [-0.39, 0.29) is 0 Å². The number of ether oxygens (including phenoxy) is 1. The summed E-state index contributed by atoms with van der Waals surface area (Å²) in [5.74, 6) is 0.831. The molecule has 1 N–H and O–H groups in total.